The molecule has 4 amide bonds. The maximum absolute atomic E-state index is 15.6. The molecule has 28 rings (SSSR count). The standard InChI is InChI=1S/C68H72N4O20/c69-61(85)57-53-45-13-9-43-19-51(45)55(59(57)63(87)71(65(25-73,26-74)27-75)66(28-76,29-77)30-78)47-15-11-41(17-49(47)53)89-21-37-1-2-38(4-3-37)22-90-42-12-16-48-50(18-42)54-46-14-10-44(92-24-40-7-5-39(6-8-40)23-91-43)20-52(46)56(48)60(58(54)62(70)86)64(88)72(67(31-79,32-80)33-81)68(34-82,35-83)36-84/h1-20,53-56,73-84H,21-36H2,(H2,69,85)(H2,70,86)/t53-,54-,55-,56-/m1/s1. The summed E-state index contributed by atoms with van der Waals surface area (Å²) in [6, 6.07) is 35.3. The third-order valence-corrected chi connectivity index (χ3v) is 19.0. The normalized spacial score (nSPS) is 18.2. The molecular weight excluding hydrogens is 1190 g/mol. The second-order valence-electron chi connectivity index (χ2n) is 24.1. The summed E-state index contributed by atoms with van der Waals surface area (Å²) < 4.78 is 25.6. The number of hydrogen-bond donors (Lipinski definition) is 14. The number of nitrogens with zero attached hydrogens (tertiary/aromatic N) is 2. The lowest BCUT2D eigenvalue weighted by Crippen LogP contribution is -2.72. The van der Waals surface area contributed by atoms with Gasteiger partial charge in [-0.2, -0.15) is 0 Å². The van der Waals surface area contributed by atoms with E-state index < -0.39 is 149 Å². The van der Waals surface area contributed by atoms with Gasteiger partial charge in [-0.1, -0.05) is 72.8 Å². The van der Waals surface area contributed by atoms with E-state index in [9.17, 15) is 70.9 Å². The van der Waals surface area contributed by atoms with Gasteiger partial charge in [0.15, 0.2) is 0 Å². The first-order valence-electron chi connectivity index (χ1n) is 29.7. The van der Waals surface area contributed by atoms with Crippen LogP contribution in [0.4, 0.5) is 0 Å². The van der Waals surface area contributed by atoms with Crippen molar-refractivity contribution in [3.63, 3.8) is 0 Å². The Kier molecular flexibility index (Phi) is 18.2. The van der Waals surface area contributed by atoms with Crippen LogP contribution in [0.3, 0.4) is 0 Å². The lowest BCUT2D eigenvalue weighted by molar-refractivity contribution is -0.171. The van der Waals surface area contributed by atoms with E-state index in [1.54, 1.807) is 72.8 Å². The minimum absolute atomic E-state index is 0.0296. The predicted octanol–water partition coefficient (Wildman–Crippen LogP) is -0.419. The van der Waals surface area contributed by atoms with Crippen molar-refractivity contribution in [2.45, 2.75) is 72.3 Å². The smallest absolute Gasteiger partial charge is 0.252 e. The van der Waals surface area contributed by atoms with E-state index in [-0.39, 0.29) is 48.7 Å². The van der Waals surface area contributed by atoms with Crippen molar-refractivity contribution >= 4 is 23.6 Å². The van der Waals surface area contributed by atoms with Gasteiger partial charge in [0.1, 0.15) is 71.6 Å². The molecule has 0 aromatic heterocycles. The average Bonchev–Trinajstić information content (AvgIpc) is 0.701. The minimum atomic E-state index is -2.31. The number of aliphatic hydroxyl groups is 12. The summed E-state index contributed by atoms with van der Waals surface area (Å²) >= 11 is 0. The Bertz CT molecular complexity index is 3570. The molecule has 92 heavy (non-hydrogen) atoms. The summed E-state index contributed by atoms with van der Waals surface area (Å²) in [5.41, 5.74) is 9.63. The first-order chi connectivity index (χ1) is 44.4. The Morgan fingerprint density at radius 2 is 0.511 bits per heavy atom. The third kappa shape index (κ3) is 10.5. The fourth-order valence-electron chi connectivity index (χ4n) is 13.9. The topological polar surface area (TPSA) is 406 Å². The Morgan fingerprint density at radius 3 is 0.696 bits per heavy atom. The molecule has 0 saturated heterocycles. The summed E-state index contributed by atoms with van der Waals surface area (Å²) in [6.45, 7) is -13.0. The van der Waals surface area contributed by atoms with Crippen LogP contribution in [0.15, 0.2) is 144 Å². The highest BCUT2D eigenvalue weighted by Gasteiger charge is 2.58. The molecule has 6 aromatic carbocycles. The van der Waals surface area contributed by atoms with E-state index in [0.717, 1.165) is 22.3 Å². The number of amides is 4. The van der Waals surface area contributed by atoms with E-state index >= 15 is 9.59 Å². The van der Waals surface area contributed by atoms with Gasteiger partial charge in [0.05, 0.1) is 79.3 Å². The molecule has 0 radical (unpaired) electrons. The van der Waals surface area contributed by atoms with Crippen molar-refractivity contribution in [2.24, 2.45) is 11.5 Å². The van der Waals surface area contributed by atoms with Crippen LogP contribution in [-0.4, -0.2) is 196 Å². The highest BCUT2D eigenvalue weighted by Crippen LogP contribution is 2.60. The number of ether oxygens (including phenoxy) is 4. The molecule has 16 N–H and O–H groups in total. The number of carbonyl (C=O) groups is 4. The molecule has 6 aliphatic carbocycles. The molecule has 24 heteroatoms. The molecular formula is C68H72N4O20. The quantitative estimate of drug-likeness (QED) is 0.0462. The van der Waals surface area contributed by atoms with Gasteiger partial charge >= 0.3 is 0 Å². The van der Waals surface area contributed by atoms with E-state index in [1.807, 2.05) is 48.5 Å². The number of aliphatic hydroxyl groups excluding tert-OH is 12. The predicted molar refractivity (Wildman–Crippen MR) is 325 cm³/mol. The van der Waals surface area contributed by atoms with E-state index in [2.05, 4.69) is 0 Å². The SMILES string of the molecule is NC(=O)C1=C(C(=O)N(C(CO)(CO)CO)C(CO)(CO)CO)[C@@H]2c3ccc4cc3[C@H]1c1ccc(cc12)OCc1ccc(cc1)COc1ccc2c(c1)[C@@H]1C(C(=O)N(C(CO)(CO)CO)C(CO)(CO)CO)=C(C(N)=O)[C@H]2c2cc(ccc21)OCc1ccc(cc1)CO4. The van der Waals surface area contributed by atoms with Gasteiger partial charge in [0, 0.05) is 46.0 Å². The Morgan fingerprint density at radius 1 is 0.315 bits per heavy atom. The van der Waals surface area contributed by atoms with E-state index in [1.165, 1.54) is 0 Å². The van der Waals surface area contributed by atoms with Gasteiger partial charge in [0.2, 0.25) is 11.8 Å². The molecule has 4 atom stereocenters. The van der Waals surface area contributed by atoms with Crippen molar-refractivity contribution in [1.82, 2.24) is 9.80 Å². The molecule has 0 fully saturated rings. The summed E-state index contributed by atoms with van der Waals surface area (Å²) in [4.78, 5) is 60.6. The molecule has 6 aromatic rings. The summed E-state index contributed by atoms with van der Waals surface area (Å²) in [5.74, 6) is -7.20. The summed E-state index contributed by atoms with van der Waals surface area (Å²) in [7, 11) is 0. The van der Waals surface area contributed by atoms with Crippen LogP contribution in [0.5, 0.6) is 23.0 Å². The van der Waals surface area contributed by atoms with Crippen molar-refractivity contribution < 1.29 is 99.4 Å². The molecule has 0 saturated carbocycles. The number of rotatable bonds is 20. The van der Waals surface area contributed by atoms with Gasteiger partial charge < -0.3 is 101 Å². The van der Waals surface area contributed by atoms with Crippen LogP contribution >= 0.6 is 0 Å². The molecule has 16 aliphatic heterocycles. The van der Waals surface area contributed by atoms with Crippen LogP contribution < -0.4 is 30.4 Å². The maximum Gasteiger partial charge on any atom is 0.252 e. The van der Waals surface area contributed by atoms with Crippen LogP contribution in [0.25, 0.3) is 0 Å². The van der Waals surface area contributed by atoms with Crippen molar-refractivity contribution in [2.75, 3.05) is 79.3 Å². The number of hydrogen-bond acceptors (Lipinski definition) is 20. The van der Waals surface area contributed by atoms with Crippen molar-refractivity contribution in [3.8, 4) is 23.0 Å². The van der Waals surface area contributed by atoms with Crippen LogP contribution in [0.2, 0.25) is 0 Å². The van der Waals surface area contributed by atoms with E-state index in [4.69, 9.17) is 30.4 Å². The number of nitrogens with two attached hydrogens (primary N) is 2. The first-order valence-corrected chi connectivity index (χ1v) is 29.7. The highest BCUT2D eigenvalue weighted by molar-refractivity contribution is 6.11. The zero-order valence-electron chi connectivity index (χ0n) is 49.9. The fraction of sp³-hybridized carbons (Fsp3) is 0.353. The average molecular weight is 1270 g/mol. The Hall–Kier alpha value is -8.60. The van der Waals surface area contributed by atoms with Crippen LogP contribution in [0, 0.1) is 0 Å². The summed E-state index contributed by atoms with van der Waals surface area (Å²) in [6.07, 6.45) is 0. The molecule has 484 valence electrons. The molecule has 0 spiro atoms. The Balaban J connectivity index is 0.986. The minimum Gasteiger partial charge on any atom is -0.489 e. The lowest BCUT2D eigenvalue weighted by Gasteiger charge is -2.52. The largest absolute Gasteiger partial charge is 0.489 e. The third-order valence-electron chi connectivity index (χ3n) is 19.0. The number of primary amides is 2. The monoisotopic (exact) mass is 1260 g/mol. The zero-order chi connectivity index (χ0) is 65.6. The van der Waals surface area contributed by atoms with Crippen molar-refractivity contribution in [1.29, 1.82) is 0 Å². The molecule has 0 unspecified atom stereocenters. The molecule has 20 bridgehead atoms. The van der Waals surface area contributed by atoms with Crippen molar-refractivity contribution in [3.05, 3.63) is 210 Å². The van der Waals surface area contributed by atoms with Gasteiger partial charge in [-0.15, -0.1) is 0 Å². The molecule has 24 nitrogen and oxygen atoms in total. The van der Waals surface area contributed by atoms with Gasteiger partial charge in [-0.25, -0.2) is 0 Å². The lowest BCUT2D eigenvalue weighted by atomic mass is 9.60. The number of benzene rings is 6. The van der Waals surface area contributed by atoms with Crippen LogP contribution in [-0.2, 0) is 45.6 Å². The first kappa shape index (κ1) is 64.9. The van der Waals surface area contributed by atoms with Gasteiger partial charge in [-0.3, -0.25) is 19.2 Å². The maximum atomic E-state index is 15.6. The second-order valence-corrected chi connectivity index (χ2v) is 24.1. The zero-order valence-corrected chi connectivity index (χ0v) is 49.9. The van der Waals surface area contributed by atoms with E-state index in [0.29, 0.717) is 77.3 Å². The summed E-state index contributed by atoms with van der Waals surface area (Å²) in [5, 5.41) is 129. The molecule has 22 aliphatic rings. The number of carbonyl (C=O) groups excluding carboxylic acids is 4. The molecule has 16 heterocycles. The van der Waals surface area contributed by atoms with Gasteiger partial charge in [0.25, 0.3) is 11.8 Å². The fourth-order valence-corrected chi connectivity index (χ4v) is 13.9. The Labute approximate surface area is 527 Å². The van der Waals surface area contributed by atoms with Crippen LogP contribution in [0.1, 0.15) is 90.4 Å². The second kappa shape index (κ2) is 25.8. The van der Waals surface area contributed by atoms with Gasteiger partial charge in [-0.05, 0) is 115 Å². The highest BCUT2D eigenvalue weighted by atomic mass is 16.5.